The van der Waals surface area contributed by atoms with Crippen molar-refractivity contribution in [2.75, 3.05) is 13.1 Å². The Bertz CT molecular complexity index is 820. The number of alkyl halides is 3. The van der Waals surface area contributed by atoms with Crippen molar-refractivity contribution in [3.05, 3.63) is 35.1 Å². The molecule has 1 fully saturated rings. The van der Waals surface area contributed by atoms with Gasteiger partial charge in [-0.2, -0.15) is 13.2 Å². The number of alkyl carbamates (subject to hydrolysis) is 1. The highest BCUT2D eigenvalue weighted by molar-refractivity contribution is 5.73. The molecular formula is C20H26F4N2O4. The molecule has 1 heterocycles. The second-order valence-electron chi connectivity index (χ2n) is 9.23. The van der Waals surface area contributed by atoms with Gasteiger partial charge in [0.2, 0.25) is 0 Å². The lowest BCUT2D eigenvalue weighted by molar-refractivity contribution is -0.140. The Labute approximate surface area is 172 Å². The summed E-state index contributed by atoms with van der Waals surface area (Å²) in [4.78, 5) is 25.8. The van der Waals surface area contributed by atoms with E-state index in [4.69, 9.17) is 9.47 Å². The van der Waals surface area contributed by atoms with Crippen LogP contribution in [0.4, 0.5) is 27.2 Å². The van der Waals surface area contributed by atoms with E-state index in [1.807, 2.05) is 0 Å². The Kier molecular flexibility index (Phi) is 6.04. The fourth-order valence-electron chi connectivity index (χ4n) is 3.04. The summed E-state index contributed by atoms with van der Waals surface area (Å²) in [6.45, 7) is 9.17. The van der Waals surface area contributed by atoms with Gasteiger partial charge in [-0.25, -0.2) is 14.0 Å². The highest BCUT2D eigenvalue weighted by Crippen LogP contribution is 2.41. The zero-order chi connectivity index (χ0) is 23.1. The average molecular weight is 434 g/mol. The number of rotatable bonds is 2. The van der Waals surface area contributed by atoms with E-state index in [1.54, 1.807) is 41.5 Å². The van der Waals surface area contributed by atoms with E-state index in [9.17, 15) is 27.2 Å². The molecule has 1 aromatic rings. The number of amides is 2. The van der Waals surface area contributed by atoms with Gasteiger partial charge in [0, 0.05) is 0 Å². The standard InChI is InChI=1S/C20H26F4N2O4/c1-17(2,3)29-15(27)25-19(10-26(11-19)16(28)30-18(4,5)6)13-8-7-12(21)9-14(13)20(22,23)24/h7-9H,10-11H2,1-6H3,(H,25,27). The van der Waals surface area contributed by atoms with Crippen LogP contribution in [0.3, 0.4) is 0 Å². The molecule has 0 atom stereocenters. The van der Waals surface area contributed by atoms with Crippen LogP contribution >= 0.6 is 0 Å². The van der Waals surface area contributed by atoms with Gasteiger partial charge in [-0.05, 0) is 59.2 Å². The summed E-state index contributed by atoms with van der Waals surface area (Å²) in [5.41, 5.74) is -4.90. The summed E-state index contributed by atoms with van der Waals surface area (Å²) in [5.74, 6) is -1.07. The Balaban J connectivity index is 2.41. The first-order valence-electron chi connectivity index (χ1n) is 9.28. The van der Waals surface area contributed by atoms with Crippen LogP contribution in [0.25, 0.3) is 0 Å². The predicted molar refractivity (Wildman–Crippen MR) is 100 cm³/mol. The molecule has 0 bridgehead atoms. The van der Waals surface area contributed by atoms with Gasteiger partial charge in [0.15, 0.2) is 0 Å². The molecule has 10 heteroatoms. The fourth-order valence-corrected chi connectivity index (χ4v) is 3.04. The molecule has 1 aromatic carbocycles. The first-order chi connectivity index (χ1) is 13.4. The minimum Gasteiger partial charge on any atom is -0.444 e. The van der Waals surface area contributed by atoms with E-state index in [0.29, 0.717) is 6.07 Å². The Morgan fingerprint density at radius 1 is 1.00 bits per heavy atom. The summed E-state index contributed by atoms with van der Waals surface area (Å²) in [6, 6.07) is 2.20. The predicted octanol–water partition coefficient (Wildman–Crippen LogP) is 4.82. The van der Waals surface area contributed by atoms with Crippen molar-refractivity contribution in [1.29, 1.82) is 0 Å². The summed E-state index contributed by atoms with van der Waals surface area (Å²) in [5, 5.41) is 2.45. The number of hydrogen-bond donors (Lipinski definition) is 1. The number of benzene rings is 1. The average Bonchev–Trinajstić information content (AvgIpc) is 2.46. The van der Waals surface area contributed by atoms with Gasteiger partial charge >= 0.3 is 18.4 Å². The van der Waals surface area contributed by atoms with Gasteiger partial charge < -0.3 is 19.7 Å². The van der Waals surface area contributed by atoms with Crippen LogP contribution < -0.4 is 5.32 Å². The monoisotopic (exact) mass is 434 g/mol. The molecule has 0 spiro atoms. The highest BCUT2D eigenvalue weighted by atomic mass is 19.4. The molecule has 1 saturated heterocycles. The molecule has 2 amide bonds. The van der Waals surface area contributed by atoms with Gasteiger partial charge in [-0.3, -0.25) is 0 Å². The summed E-state index contributed by atoms with van der Waals surface area (Å²) in [6.07, 6.45) is -6.56. The number of likely N-dealkylation sites (tertiary alicyclic amines) is 1. The molecule has 6 nitrogen and oxygen atoms in total. The minimum absolute atomic E-state index is 0.296. The first-order valence-corrected chi connectivity index (χ1v) is 9.28. The van der Waals surface area contributed by atoms with Crippen LogP contribution in [-0.2, 0) is 21.2 Å². The zero-order valence-corrected chi connectivity index (χ0v) is 17.7. The molecule has 0 aromatic heterocycles. The molecule has 1 N–H and O–H groups in total. The normalized spacial score (nSPS) is 16.5. The Morgan fingerprint density at radius 3 is 2.00 bits per heavy atom. The van der Waals surface area contributed by atoms with E-state index < -0.39 is 46.5 Å². The Morgan fingerprint density at radius 2 is 1.53 bits per heavy atom. The van der Waals surface area contributed by atoms with Crippen LogP contribution in [0.5, 0.6) is 0 Å². The number of ether oxygens (including phenoxy) is 2. The molecule has 0 unspecified atom stereocenters. The van der Waals surface area contributed by atoms with Crippen molar-refractivity contribution in [3.8, 4) is 0 Å². The molecule has 168 valence electrons. The smallest absolute Gasteiger partial charge is 0.416 e. The van der Waals surface area contributed by atoms with Gasteiger partial charge in [-0.1, -0.05) is 6.07 Å². The molecule has 30 heavy (non-hydrogen) atoms. The lowest BCUT2D eigenvalue weighted by atomic mass is 9.79. The maximum atomic E-state index is 13.6. The third-order valence-corrected chi connectivity index (χ3v) is 4.12. The maximum absolute atomic E-state index is 13.6. The van der Waals surface area contributed by atoms with Crippen molar-refractivity contribution in [2.45, 2.75) is 64.5 Å². The van der Waals surface area contributed by atoms with E-state index in [1.165, 1.54) is 0 Å². The third kappa shape index (κ3) is 5.76. The number of nitrogens with one attached hydrogen (secondary N) is 1. The largest absolute Gasteiger partial charge is 0.444 e. The van der Waals surface area contributed by atoms with Crippen LogP contribution in [0.15, 0.2) is 18.2 Å². The Hall–Kier alpha value is -2.52. The zero-order valence-electron chi connectivity index (χ0n) is 17.7. The van der Waals surface area contributed by atoms with Crippen molar-refractivity contribution < 1.29 is 36.6 Å². The van der Waals surface area contributed by atoms with E-state index >= 15 is 0 Å². The van der Waals surface area contributed by atoms with Gasteiger partial charge in [0.05, 0.1) is 18.7 Å². The van der Waals surface area contributed by atoms with Crippen molar-refractivity contribution in [1.82, 2.24) is 10.2 Å². The molecule has 2 rings (SSSR count). The molecule has 0 radical (unpaired) electrons. The van der Waals surface area contributed by atoms with E-state index in [0.717, 1.165) is 17.0 Å². The van der Waals surface area contributed by atoms with Crippen LogP contribution in [0.2, 0.25) is 0 Å². The van der Waals surface area contributed by atoms with Crippen molar-refractivity contribution in [3.63, 3.8) is 0 Å². The number of nitrogens with zero attached hydrogens (tertiary/aromatic N) is 1. The summed E-state index contributed by atoms with van der Waals surface area (Å²) in [7, 11) is 0. The highest BCUT2D eigenvalue weighted by Gasteiger charge is 2.53. The van der Waals surface area contributed by atoms with Gasteiger partial charge in [-0.15, -0.1) is 0 Å². The first kappa shape index (κ1) is 23.8. The minimum atomic E-state index is -4.87. The van der Waals surface area contributed by atoms with E-state index in [2.05, 4.69) is 5.32 Å². The van der Waals surface area contributed by atoms with E-state index in [-0.39, 0.29) is 18.7 Å². The summed E-state index contributed by atoms with van der Waals surface area (Å²) < 4.78 is 64.7. The number of carbonyl (C=O) groups is 2. The number of halogens is 4. The molecule has 1 aliphatic heterocycles. The van der Waals surface area contributed by atoms with Crippen molar-refractivity contribution in [2.24, 2.45) is 0 Å². The third-order valence-electron chi connectivity index (χ3n) is 4.12. The second kappa shape index (κ2) is 7.63. The topological polar surface area (TPSA) is 67.9 Å². The van der Waals surface area contributed by atoms with Gasteiger partial charge in [0.25, 0.3) is 0 Å². The lowest BCUT2D eigenvalue weighted by Gasteiger charge is -2.50. The lowest BCUT2D eigenvalue weighted by Crippen LogP contribution is -2.70. The second-order valence-corrected chi connectivity index (χ2v) is 9.23. The molecular weight excluding hydrogens is 408 g/mol. The molecule has 1 aliphatic rings. The quantitative estimate of drug-likeness (QED) is 0.678. The number of hydrogen-bond acceptors (Lipinski definition) is 4. The van der Waals surface area contributed by atoms with Crippen LogP contribution in [0.1, 0.15) is 52.7 Å². The summed E-state index contributed by atoms with van der Waals surface area (Å²) >= 11 is 0. The van der Waals surface area contributed by atoms with Gasteiger partial charge in [0.1, 0.15) is 22.6 Å². The molecule has 0 aliphatic carbocycles. The SMILES string of the molecule is CC(C)(C)OC(=O)NC1(c2ccc(F)cc2C(F)(F)F)CN(C(=O)OC(C)(C)C)C1. The van der Waals surface area contributed by atoms with Crippen LogP contribution in [0, 0.1) is 5.82 Å². The fraction of sp³-hybridized carbons (Fsp3) is 0.600. The maximum Gasteiger partial charge on any atom is 0.416 e. The molecule has 0 saturated carbocycles. The van der Waals surface area contributed by atoms with Crippen LogP contribution in [-0.4, -0.2) is 41.4 Å². The van der Waals surface area contributed by atoms with Crippen molar-refractivity contribution >= 4 is 12.2 Å². The number of carbonyl (C=O) groups excluding carboxylic acids is 2.